The van der Waals surface area contributed by atoms with Crippen molar-refractivity contribution >= 4 is 5.78 Å². The zero-order valence-electron chi connectivity index (χ0n) is 11.4. The number of aryl methyl sites for hydroxylation is 1. The molecule has 0 aliphatic heterocycles. The van der Waals surface area contributed by atoms with E-state index >= 15 is 0 Å². The van der Waals surface area contributed by atoms with Crippen molar-refractivity contribution in [1.82, 2.24) is 4.90 Å². The van der Waals surface area contributed by atoms with Gasteiger partial charge in [-0.15, -0.1) is 0 Å². The van der Waals surface area contributed by atoms with Crippen LogP contribution < -0.4 is 0 Å². The van der Waals surface area contributed by atoms with E-state index in [0.29, 0.717) is 25.6 Å². The summed E-state index contributed by atoms with van der Waals surface area (Å²) in [6.07, 6.45) is 3.81. The van der Waals surface area contributed by atoms with Crippen LogP contribution in [0.25, 0.3) is 0 Å². The molecule has 0 aromatic heterocycles. The van der Waals surface area contributed by atoms with E-state index in [1.807, 2.05) is 24.3 Å². The van der Waals surface area contributed by atoms with Crippen molar-refractivity contribution in [1.29, 1.82) is 5.26 Å². The van der Waals surface area contributed by atoms with Crippen LogP contribution in [0.3, 0.4) is 0 Å². The van der Waals surface area contributed by atoms with Gasteiger partial charge < -0.3 is 0 Å². The third-order valence-corrected chi connectivity index (χ3v) is 3.60. The Balaban J connectivity index is 1.95. The van der Waals surface area contributed by atoms with Gasteiger partial charge in [-0.1, -0.05) is 31.2 Å². The van der Waals surface area contributed by atoms with E-state index < -0.39 is 0 Å². The number of nitrogens with zero attached hydrogens (tertiary/aromatic N) is 2. The van der Waals surface area contributed by atoms with E-state index in [-0.39, 0.29) is 5.78 Å². The van der Waals surface area contributed by atoms with Crippen molar-refractivity contribution in [2.24, 2.45) is 0 Å². The Bertz CT molecular complexity index is 469. The Morgan fingerprint density at radius 2 is 2.05 bits per heavy atom. The highest BCUT2D eigenvalue weighted by molar-refractivity contribution is 5.97. The minimum atomic E-state index is 0.160. The molecule has 100 valence electrons. The molecule has 1 aliphatic rings. The van der Waals surface area contributed by atoms with Crippen LogP contribution in [0.1, 0.15) is 42.1 Å². The van der Waals surface area contributed by atoms with Crippen molar-refractivity contribution in [3.05, 3.63) is 35.4 Å². The second-order valence-corrected chi connectivity index (χ2v) is 5.08. The molecule has 0 amide bonds. The summed E-state index contributed by atoms with van der Waals surface area (Å²) in [6, 6.07) is 10.5. The highest BCUT2D eigenvalue weighted by Gasteiger charge is 2.29. The molecule has 0 atom stereocenters. The van der Waals surface area contributed by atoms with E-state index in [1.54, 1.807) is 0 Å². The van der Waals surface area contributed by atoms with Gasteiger partial charge in [0.15, 0.2) is 5.78 Å². The molecule has 1 aromatic rings. The number of nitriles is 1. The first-order chi connectivity index (χ1) is 9.24. The Morgan fingerprint density at radius 3 is 2.58 bits per heavy atom. The second-order valence-electron chi connectivity index (χ2n) is 5.08. The number of hydrogen-bond acceptors (Lipinski definition) is 3. The molecule has 2 rings (SSSR count). The van der Waals surface area contributed by atoms with Gasteiger partial charge >= 0.3 is 0 Å². The smallest absolute Gasteiger partial charge is 0.176 e. The van der Waals surface area contributed by atoms with Gasteiger partial charge in [-0.2, -0.15) is 5.26 Å². The fourth-order valence-corrected chi connectivity index (χ4v) is 2.23. The number of Topliss-reactive ketones (excluding diaryl/α,β-unsaturated/α-hetero) is 1. The number of benzene rings is 1. The molecule has 1 aromatic carbocycles. The average Bonchev–Trinajstić information content (AvgIpc) is 3.28. The summed E-state index contributed by atoms with van der Waals surface area (Å²) >= 11 is 0. The number of carbonyl (C=O) groups is 1. The highest BCUT2D eigenvalue weighted by Crippen LogP contribution is 2.27. The molecule has 0 heterocycles. The zero-order valence-corrected chi connectivity index (χ0v) is 11.4. The van der Waals surface area contributed by atoms with Crippen LogP contribution in [-0.2, 0) is 6.42 Å². The number of hydrogen-bond donors (Lipinski definition) is 0. The first kappa shape index (κ1) is 13.8. The molecule has 0 N–H and O–H groups in total. The van der Waals surface area contributed by atoms with E-state index in [2.05, 4.69) is 17.9 Å². The number of ketones is 1. The second kappa shape index (κ2) is 6.49. The fraction of sp³-hybridized carbons (Fsp3) is 0.500. The van der Waals surface area contributed by atoms with Gasteiger partial charge in [0.05, 0.1) is 12.6 Å². The van der Waals surface area contributed by atoms with Crippen LogP contribution in [0, 0.1) is 11.3 Å². The van der Waals surface area contributed by atoms with Gasteiger partial charge in [0.25, 0.3) is 0 Å². The van der Waals surface area contributed by atoms with Gasteiger partial charge in [0.2, 0.25) is 0 Å². The van der Waals surface area contributed by atoms with Gasteiger partial charge in [-0.3, -0.25) is 9.69 Å². The summed E-state index contributed by atoms with van der Waals surface area (Å²) < 4.78 is 0. The van der Waals surface area contributed by atoms with Crippen molar-refractivity contribution in [2.45, 2.75) is 38.6 Å². The third kappa shape index (κ3) is 3.90. The molecule has 1 saturated carbocycles. The lowest BCUT2D eigenvalue weighted by atomic mass is 10.1. The van der Waals surface area contributed by atoms with E-state index in [1.165, 1.54) is 5.56 Å². The van der Waals surface area contributed by atoms with Crippen molar-refractivity contribution in [3.63, 3.8) is 0 Å². The molecule has 0 unspecified atom stereocenters. The minimum absolute atomic E-state index is 0.160. The van der Waals surface area contributed by atoms with Crippen molar-refractivity contribution in [3.8, 4) is 6.07 Å². The maximum absolute atomic E-state index is 12.2. The lowest BCUT2D eigenvalue weighted by Gasteiger charge is -2.19. The first-order valence-electron chi connectivity index (χ1n) is 6.97. The molecular weight excluding hydrogens is 236 g/mol. The van der Waals surface area contributed by atoms with E-state index in [4.69, 9.17) is 5.26 Å². The fourth-order valence-electron chi connectivity index (χ4n) is 2.23. The maximum atomic E-state index is 12.2. The molecule has 1 aliphatic carbocycles. The topological polar surface area (TPSA) is 44.1 Å². The first-order valence-corrected chi connectivity index (χ1v) is 6.97. The Labute approximate surface area is 114 Å². The van der Waals surface area contributed by atoms with E-state index in [0.717, 1.165) is 24.8 Å². The molecule has 0 spiro atoms. The predicted molar refractivity (Wildman–Crippen MR) is 75.0 cm³/mol. The molecule has 3 heteroatoms. The summed E-state index contributed by atoms with van der Waals surface area (Å²) in [5.41, 5.74) is 2.03. The number of carbonyl (C=O) groups excluding carboxylic acids is 1. The molecule has 19 heavy (non-hydrogen) atoms. The molecule has 0 bridgehead atoms. The molecule has 3 nitrogen and oxygen atoms in total. The Kier molecular flexibility index (Phi) is 4.70. The molecule has 0 saturated heterocycles. The quantitative estimate of drug-likeness (QED) is 0.705. The van der Waals surface area contributed by atoms with Gasteiger partial charge in [0.1, 0.15) is 0 Å². The summed E-state index contributed by atoms with van der Waals surface area (Å²) in [7, 11) is 0. The Morgan fingerprint density at radius 1 is 1.37 bits per heavy atom. The van der Waals surface area contributed by atoms with Crippen LogP contribution in [0.5, 0.6) is 0 Å². The monoisotopic (exact) mass is 256 g/mol. The normalized spacial score (nSPS) is 14.4. The van der Waals surface area contributed by atoms with Crippen LogP contribution in [-0.4, -0.2) is 29.8 Å². The summed E-state index contributed by atoms with van der Waals surface area (Å²) in [6.45, 7) is 3.26. The molecule has 1 fully saturated rings. The van der Waals surface area contributed by atoms with Gasteiger partial charge in [0, 0.05) is 24.6 Å². The van der Waals surface area contributed by atoms with Crippen LogP contribution >= 0.6 is 0 Å². The molecular formula is C16H20N2O. The predicted octanol–water partition coefficient (Wildman–Crippen LogP) is 2.81. The largest absolute Gasteiger partial charge is 0.293 e. The maximum Gasteiger partial charge on any atom is 0.176 e. The van der Waals surface area contributed by atoms with Crippen LogP contribution in [0.15, 0.2) is 24.3 Å². The highest BCUT2D eigenvalue weighted by atomic mass is 16.1. The van der Waals surface area contributed by atoms with Gasteiger partial charge in [-0.05, 0) is 24.8 Å². The summed E-state index contributed by atoms with van der Waals surface area (Å²) in [4.78, 5) is 14.4. The lowest BCUT2D eigenvalue weighted by Crippen LogP contribution is -2.32. The molecule has 0 radical (unpaired) electrons. The number of rotatable bonds is 7. The average molecular weight is 256 g/mol. The lowest BCUT2D eigenvalue weighted by molar-refractivity contribution is 0.0926. The third-order valence-electron chi connectivity index (χ3n) is 3.60. The van der Waals surface area contributed by atoms with Crippen molar-refractivity contribution in [2.75, 3.05) is 13.1 Å². The summed E-state index contributed by atoms with van der Waals surface area (Å²) in [5.74, 6) is 0.160. The Hall–Kier alpha value is -1.66. The van der Waals surface area contributed by atoms with Crippen molar-refractivity contribution < 1.29 is 4.79 Å². The summed E-state index contributed by atoms with van der Waals surface area (Å²) in [5, 5.41) is 8.66. The van der Waals surface area contributed by atoms with Gasteiger partial charge in [-0.25, -0.2) is 0 Å². The zero-order chi connectivity index (χ0) is 13.7. The minimum Gasteiger partial charge on any atom is -0.293 e. The van der Waals surface area contributed by atoms with E-state index in [9.17, 15) is 4.79 Å². The standard InChI is InChI=1S/C16H20N2O/c1-2-13-4-6-14(7-5-13)16(19)12-18(11-3-10-17)15-8-9-15/h4-7,15H,2-3,8-9,11-12H2,1H3. The SMILES string of the molecule is CCc1ccc(C(=O)CN(CCC#N)C2CC2)cc1. The van der Waals surface area contributed by atoms with Crippen LogP contribution in [0.4, 0.5) is 0 Å². The van der Waals surface area contributed by atoms with Crippen LogP contribution in [0.2, 0.25) is 0 Å².